The van der Waals surface area contributed by atoms with E-state index < -0.39 is 10.0 Å². The number of hydrogen-bond acceptors (Lipinski definition) is 6. The number of hydrogen-bond donors (Lipinski definition) is 2. The monoisotopic (exact) mass is 327 g/mol. The van der Waals surface area contributed by atoms with Crippen LogP contribution in [0.5, 0.6) is 5.75 Å². The van der Waals surface area contributed by atoms with E-state index in [1.165, 1.54) is 11.3 Å². The first-order valence-electron chi connectivity index (χ1n) is 6.31. The molecule has 1 aromatic carbocycles. The predicted octanol–water partition coefficient (Wildman–Crippen LogP) is 1.53. The fourth-order valence-electron chi connectivity index (χ4n) is 1.60. The number of sulfonamides is 1. The third kappa shape index (κ3) is 5.33. The van der Waals surface area contributed by atoms with Gasteiger partial charge in [-0.15, -0.1) is 11.3 Å². The van der Waals surface area contributed by atoms with Gasteiger partial charge in [-0.25, -0.2) is 18.1 Å². The van der Waals surface area contributed by atoms with E-state index in [0.717, 1.165) is 10.7 Å². The quantitative estimate of drug-likeness (QED) is 0.752. The van der Waals surface area contributed by atoms with Crippen LogP contribution in [0.2, 0.25) is 0 Å². The zero-order valence-electron chi connectivity index (χ0n) is 11.6. The second-order valence-electron chi connectivity index (χ2n) is 4.44. The van der Waals surface area contributed by atoms with Crippen LogP contribution in [-0.4, -0.2) is 25.8 Å². The smallest absolute Gasteiger partial charge is 0.215 e. The molecule has 0 unspecified atom stereocenters. The van der Waals surface area contributed by atoms with E-state index in [1.54, 1.807) is 24.3 Å². The molecule has 2 aromatic rings. The summed E-state index contributed by atoms with van der Waals surface area (Å²) in [6.07, 6.45) is 0. The first-order valence-corrected chi connectivity index (χ1v) is 8.84. The summed E-state index contributed by atoms with van der Waals surface area (Å²) in [5.74, 6) is 0.437. The minimum atomic E-state index is -3.39. The van der Waals surface area contributed by atoms with E-state index in [0.29, 0.717) is 11.4 Å². The highest BCUT2D eigenvalue weighted by molar-refractivity contribution is 7.89. The number of anilines is 1. The minimum Gasteiger partial charge on any atom is -0.492 e. The van der Waals surface area contributed by atoms with Crippen LogP contribution >= 0.6 is 11.3 Å². The van der Waals surface area contributed by atoms with Crippen molar-refractivity contribution in [2.24, 2.45) is 0 Å². The Morgan fingerprint density at radius 2 is 2.24 bits per heavy atom. The lowest BCUT2D eigenvalue weighted by Gasteiger charge is -2.08. The van der Waals surface area contributed by atoms with Crippen LogP contribution in [0.25, 0.3) is 0 Å². The van der Waals surface area contributed by atoms with Gasteiger partial charge in [-0.3, -0.25) is 0 Å². The van der Waals surface area contributed by atoms with Crippen molar-refractivity contribution in [3.8, 4) is 5.75 Å². The second-order valence-corrected chi connectivity index (χ2v) is 7.31. The molecule has 114 valence electrons. The molecule has 1 aromatic heterocycles. The molecular weight excluding hydrogens is 310 g/mol. The second kappa shape index (κ2) is 6.88. The van der Waals surface area contributed by atoms with Crippen molar-refractivity contribution >= 4 is 27.0 Å². The Bertz CT molecular complexity index is 698. The predicted molar refractivity (Wildman–Crippen MR) is 83.8 cm³/mol. The summed E-state index contributed by atoms with van der Waals surface area (Å²) in [5, 5.41) is 2.62. The molecule has 0 spiro atoms. The molecule has 6 nitrogen and oxygen atoms in total. The van der Waals surface area contributed by atoms with Crippen LogP contribution < -0.4 is 15.2 Å². The maximum absolute atomic E-state index is 11.8. The molecule has 0 fully saturated rings. The Labute approximate surface area is 128 Å². The molecular formula is C13H17N3O3S2. The van der Waals surface area contributed by atoms with Crippen molar-refractivity contribution in [2.75, 3.05) is 18.1 Å². The van der Waals surface area contributed by atoms with Gasteiger partial charge in [0.15, 0.2) is 0 Å². The summed E-state index contributed by atoms with van der Waals surface area (Å²) in [7, 11) is -3.39. The largest absolute Gasteiger partial charge is 0.492 e. The summed E-state index contributed by atoms with van der Waals surface area (Å²) in [4.78, 5) is 4.20. The lowest BCUT2D eigenvalue weighted by Crippen LogP contribution is -2.28. The molecule has 0 aliphatic carbocycles. The number of thiazole rings is 1. The van der Waals surface area contributed by atoms with Crippen LogP contribution in [0.1, 0.15) is 10.7 Å². The number of ether oxygens (including phenoxy) is 1. The van der Waals surface area contributed by atoms with E-state index >= 15 is 0 Å². The Morgan fingerprint density at radius 1 is 1.43 bits per heavy atom. The van der Waals surface area contributed by atoms with Gasteiger partial charge in [-0.1, -0.05) is 6.07 Å². The van der Waals surface area contributed by atoms with Gasteiger partial charge in [-0.2, -0.15) is 0 Å². The van der Waals surface area contributed by atoms with Crippen LogP contribution in [-0.2, 0) is 16.6 Å². The minimum absolute atomic E-state index is 0.0652. The van der Waals surface area contributed by atoms with Crippen molar-refractivity contribution in [1.82, 2.24) is 9.71 Å². The average molecular weight is 327 g/mol. The van der Waals surface area contributed by atoms with Crippen LogP contribution in [0.4, 0.5) is 5.69 Å². The lowest BCUT2D eigenvalue weighted by atomic mass is 10.3. The van der Waals surface area contributed by atoms with Crippen LogP contribution in [0.3, 0.4) is 0 Å². The maximum Gasteiger partial charge on any atom is 0.215 e. The molecule has 0 aliphatic rings. The molecule has 1 heterocycles. The Kier molecular flexibility index (Phi) is 5.16. The fourth-order valence-corrected chi connectivity index (χ4v) is 3.21. The number of nitrogen functional groups attached to an aromatic ring is 1. The average Bonchev–Trinajstić information content (AvgIpc) is 2.82. The summed E-state index contributed by atoms with van der Waals surface area (Å²) < 4.78 is 31.5. The number of benzene rings is 1. The molecule has 3 N–H and O–H groups in total. The first-order chi connectivity index (χ1) is 9.94. The maximum atomic E-state index is 11.8. The molecule has 0 amide bonds. The normalized spacial score (nSPS) is 11.5. The van der Waals surface area contributed by atoms with E-state index in [2.05, 4.69) is 9.71 Å². The Hall–Kier alpha value is -1.64. The molecule has 8 heteroatoms. The first kappa shape index (κ1) is 15.7. The van der Waals surface area contributed by atoms with Gasteiger partial charge in [0.05, 0.1) is 12.3 Å². The number of nitrogens with zero attached hydrogens (tertiary/aromatic N) is 1. The molecule has 0 bridgehead atoms. The number of aryl methyl sites for hydroxylation is 1. The zero-order valence-corrected chi connectivity index (χ0v) is 13.2. The number of rotatable bonds is 7. The third-order valence-corrected chi connectivity index (χ3v) is 4.84. The van der Waals surface area contributed by atoms with Gasteiger partial charge in [0.25, 0.3) is 0 Å². The topological polar surface area (TPSA) is 94.3 Å². The van der Waals surface area contributed by atoms with E-state index in [9.17, 15) is 8.42 Å². The van der Waals surface area contributed by atoms with E-state index in [1.807, 2.05) is 12.3 Å². The molecule has 0 saturated carbocycles. The van der Waals surface area contributed by atoms with E-state index in [4.69, 9.17) is 10.5 Å². The number of aromatic nitrogens is 1. The van der Waals surface area contributed by atoms with Gasteiger partial charge >= 0.3 is 0 Å². The molecule has 2 rings (SSSR count). The van der Waals surface area contributed by atoms with Crippen molar-refractivity contribution < 1.29 is 13.2 Å². The highest BCUT2D eigenvalue weighted by atomic mass is 32.2. The molecule has 0 saturated heterocycles. The summed E-state index contributed by atoms with van der Waals surface area (Å²) in [6, 6.07) is 6.87. The van der Waals surface area contributed by atoms with Crippen LogP contribution in [0, 0.1) is 6.92 Å². The zero-order chi connectivity index (χ0) is 15.3. The standard InChI is InChI=1S/C13H17N3O3S2/c1-10-9-20-13(16-10)8-15-21(17,18)6-5-19-12-4-2-3-11(14)7-12/h2-4,7,9,15H,5-6,8,14H2,1H3. The molecule has 0 radical (unpaired) electrons. The van der Waals surface area contributed by atoms with Crippen LogP contribution in [0.15, 0.2) is 29.6 Å². The van der Waals surface area contributed by atoms with Crippen molar-refractivity contribution in [3.05, 3.63) is 40.3 Å². The molecule has 21 heavy (non-hydrogen) atoms. The number of nitrogens with one attached hydrogen (secondary N) is 1. The third-order valence-electron chi connectivity index (χ3n) is 2.59. The van der Waals surface area contributed by atoms with Crippen molar-refractivity contribution in [1.29, 1.82) is 0 Å². The SMILES string of the molecule is Cc1csc(CNS(=O)(=O)CCOc2cccc(N)c2)n1. The van der Waals surface area contributed by atoms with Gasteiger partial charge in [-0.05, 0) is 19.1 Å². The van der Waals surface area contributed by atoms with Crippen molar-refractivity contribution in [3.63, 3.8) is 0 Å². The van der Waals surface area contributed by atoms with Gasteiger partial charge in [0.1, 0.15) is 17.4 Å². The summed E-state index contributed by atoms with van der Waals surface area (Å²) >= 11 is 1.43. The summed E-state index contributed by atoms with van der Waals surface area (Å²) in [6.45, 7) is 2.14. The van der Waals surface area contributed by atoms with E-state index in [-0.39, 0.29) is 18.9 Å². The van der Waals surface area contributed by atoms with Crippen molar-refractivity contribution in [2.45, 2.75) is 13.5 Å². The fraction of sp³-hybridized carbons (Fsp3) is 0.308. The molecule has 0 aliphatic heterocycles. The Morgan fingerprint density at radius 3 is 2.90 bits per heavy atom. The van der Waals surface area contributed by atoms with Gasteiger partial charge < -0.3 is 10.5 Å². The summed E-state index contributed by atoms with van der Waals surface area (Å²) in [5.41, 5.74) is 7.08. The van der Waals surface area contributed by atoms with Gasteiger partial charge in [0.2, 0.25) is 10.0 Å². The van der Waals surface area contributed by atoms with Gasteiger partial charge in [0, 0.05) is 22.8 Å². The highest BCUT2D eigenvalue weighted by Crippen LogP contribution is 2.14. The lowest BCUT2D eigenvalue weighted by molar-refractivity contribution is 0.340. The highest BCUT2D eigenvalue weighted by Gasteiger charge is 2.11. The number of nitrogens with two attached hydrogens (primary N) is 1. The Balaban J connectivity index is 1.78. The molecule has 0 atom stereocenters.